The monoisotopic (exact) mass is 404 g/mol. The predicted octanol–water partition coefficient (Wildman–Crippen LogP) is 4.61. The molecule has 0 unspecified atom stereocenters. The topological polar surface area (TPSA) is 67.4 Å². The van der Waals surface area contributed by atoms with Crippen LogP contribution in [0.25, 0.3) is 0 Å². The van der Waals surface area contributed by atoms with Crippen molar-refractivity contribution in [3.63, 3.8) is 0 Å². The van der Waals surface area contributed by atoms with Gasteiger partial charge in [-0.05, 0) is 35.9 Å². The molecule has 0 fully saturated rings. The van der Waals surface area contributed by atoms with Crippen molar-refractivity contribution in [3.8, 4) is 0 Å². The molecule has 0 heterocycles. The number of halogens is 5. The van der Waals surface area contributed by atoms with Gasteiger partial charge in [-0.3, -0.25) is 0 Å². The largest absolute Gasteiger partial charge is 0.465 e. The van der Waals surface area contributed by atoms with Crippen LogP contribution in [0.5, 0.6) is 0 Å². The third-order valence-corrected chi connectivity index (χ3v) is 3.78. The number of hydrogen-bond acceptors (Lipinski definition) is 3. The highest BCUT2D eigenvalue weighted by Crippen LogP contribution is 2.32. The Bertz CT molecular complexity index is 872. The molecule has 144 valence electrons. The summed E-state index contributed by atoms with van der Waals surface area (Å²) in [4.78, 5) is 23.5. The lowest BCUT2D eigenvalue weighted by atomic mass is 10.1. The van der Waals surface area contributed by atoms with Gasteiger partial charge in [0.2, 0.25) is 0 Å². The number of nitrogens with one attached hydrogen (secondary N) is 2. The van der Waals surface area contributed by atoms with Crippen LogP contribution in [0.3, 0.4) is 0 Å². The van der Waals surface area contributed by atoms with Gasteiger partial charge in [-0.1, -0.05) is 17.7 Å². The Balaban J connectivity index is 2.09. The maximum Gasteiger partial charge on any atom is 0.416 e. The maximum atomic E-state index is 13.1. The van der Waals surface area contributed by atoms with Gasteiger partial charge in [-0.25, -0.2) is 14.0 Å². The first-order valence-corrected chi connectivity index (χ1v) is 7.78. The molecule has 2 N–H and O–H groups in total. The molecule has 2 amide bonds. The van der Waals surface area contributed by atoms with E-state index >= 15 is 0 Å². The smallest absolute Gasteiger partial charge is 0.416 e. The number of methoxy groups -OCH3 is 1. The van der Waals surface area contributed by atoms with E-state index in [-0.39, 0.29) is 21.8 Å². The molecule has 2 aromatic rings. The van der Waals surface area contributed by atoms with Gasteiger partial charge in [0.25, 0.3) is 0 Å². The zero-order valence-electron chi connectivity index (χ0n) is 13.8. The van der Waals surface area contributed by atoms with Crippen molar-refractivity contribution >= 4 is 29.3 Å². The van der Waals surface area contributed by atoms with Crippen molar-refractivity contribution in [3.05, 3.63) is 63.9 Å². The number of rotatable bonds is 4. The second kappa shape index (κ2) is 8.26. The molecule has 0 saturated heterocycles. The third-order valence-electron chi connectivity index (χ3n) is 3.45. The molecule has 0 atom stereocenters. The highest BCUT2D eigenvalue weighted by molar-refractivity contribution is 6.33. The molecule has 2 aromatic carbocycles. The van der Waals surface area contributed by atoms with Crippen LogP contribution in [0.1, 0.15) is 21.5 Å². The lowest BCUT2D eigenvalue weighted by Crippen LogP contribution is -2.29. The molecule has 0 spiro atoms. The zero-order chi connectivity index (χ0) is 20.2. The number of anilines is 1. The molecule has 10 heteroatoms. The Labute approximate surface area is 156 Å². The van der Waals surface area contributed by atoms with Crippen LogP contribution < -0.4 is 10.6 Å². The van der Waals surface area contributed by atoms with E-state index in [4.69, 9.17) is 11.6 Å². The number of urea groups is 1. The van der Waals surface area contributed by atoms with Gasteiger partial charge in [0, 0.05) is 12.2 Å². The Hall–Kier alpha value is -2.81. The van der Waals surface area contributed by atoms with E-state index in [9.17, 15) is 27.2 Å². The van der Waals surface area contributed by atoms with Crippen LogP contribution in [-0.2, 0) is 17.5 Å². The summed E-state index contributed by atoms with van der Waals surface area (Å²) in [5.41, 5.74) is -1.30. The molecule has 5 nitrogen and oxygen atoms in total. The molecule has 0 saturated carbocycles. The summed E-state index contributed by atoms with van der Waals surface area (Å²) in [6, 6.07) is 5.34. The molecule has 0 aliphatic carbocycles. The standard InChI is InChI=1S/C17H13ClF4N2O3/c1-27-15(25)12-7-11(4-5-14(12)18)24-16(26)23-8-9-2-3-10(19)6-13(9)17(20,21)22/h2-7H,8H2,1H3,(H2,23,24,26). The molecular weight excluding hydrogens is 392 g/mol. The fraction of sp³-hybridized carbons (Fsp3) is 0.176. The Morgan fingerprint density at radius 1 is 1.15 bits per heavy atom. The van der Waals surface area contributed by atoms with E-state index < -0.39 is 36.1 Å². The van der Waals surface area contributed by atoms with Crippen LogP contribution in [0.2, 0.25) is 5.02 Å². The van der Waals surface area contributed by atoms with Crippen molar-refractivity contribution < 1.29 is 31.9 Å². The predicted molar refractivity (Wildman–Crippen MR) is 90.1 cm³/mol. The van der Waals surface area contributed by atoms with Crippen molar-refractivity contribution in [2.75, 3.05) is 12.4 Å². The summed E-state index contributed by atoms with van der Waals surface area (Å²) in [5, 5.41) is 4.70. The highest BCUT2D eigenvalue weighted by atomic mass is 35.5. The van der Waals surface area contributed by atoms with Crippen LogP contribution in [-0.4, -0.2) is 19.1 Å². The molecular formula is C17H13ClF4N2O3. The number of carbonyl (C=O) groups excluding carboxylic acids is 2. The number of esters is 1. The van der Waals surface area contributed by atoms with Gasteiger partial charge in [-0.15, -0.1) is 0 Å². The minimum atomic E-state index is -4.76. The quantitative estimate of drug-likeness (QED) is 0.578. The molecule has 0 bridgehead atoms. The van der Waals surface area contributed by atoms with Crippen molar-refractivity contribution in [1.29, 1.82) is 0 Å². The van der Waals surface area contributed by atoms with Crippen molar-refractivity contribution in [2.45, 2.75) is 12.7 Å². The summed E-state index contributed by atoms with van der Waals surface area (Å²) in [6.07, 6.45) is -4.76. The van der Waals surface area contributed by atoms with Gasteiger partial charge in [0.15, 0.2) is 0 Å². The van der Waals surface area contributed by atoms with Gasteiger partial charge >= 0.3 is 18.2 Å². The average Bonchev–Trinajstić information content (AvgIpc) is 2.60. The minimum absolute atomic E-state index is 0.00913. The Kier molecular flexibility index (Phi) is 6.27. The first-order valence-electron chi connectivity index (χ1n) is 7.40. The lowest BCUT2D eigenvalue weighted by molar-refractivity contribution is -0.138. The Morgan fingerprint density at radius 3 is 2.48 bits per heavy atom. The van der Waals surface area contributed by atoms with Gasteiger partial charge in [0.1, 0.15) is 5.82 Å². The number of amides is 2. The van der Waals surface area contributed by atoms with Gasteiger partial charge in [0.05, 0.1) is 23.3 Å². The van der Waals surface area contributed by atoms with E-state index in [0.717, 1.165) is 19.2 Å². The zero-order valence-corrected chi connectivity index (χ0v) is 14.5. The number of ether oxygens (including phenoxy) is 1. The summed E-state index contributed by atoms with van der Waals surface area (Å²) in [5.74, 6) is -1.75. The lowest BCUT2D eigenvalue weighted by Gasteiger charge is -2.14. The molecule has 0 aliphatic heterocycles. The molecule has 2 rings (SSSR count). The third kappa shape index (κ3) is 5.33. The first-order chi connectivity index (χ1) is 12.6. The van der Waals surface area contributed by atoms with E-state index in [1.165, 1.54) is 18.2 Å². The second-order valence-electron chi connectivity index (χ2n) is 5.29. The van der Waals surface area contributed by atoms with Crippen molar-refractivity contribution in [2.24, 2.45) is 0 Å². The van der Waals surface area contributed by atoms with E-state index in [1.807, 2.05) is 0 Å². The molecule has 0 aliphatic rings. The average molecular weight is 405 g/mol. The number of benzene rings is 2. The number of hydrogen-bond donors (Lipinski definition) is 2. The highest BCUT2D eigenvalue weighted by Gasteiger charge is 2.33. The first kappa shape index (κ1) is 20.5. The molecule has 0 radical (unpaired) electrons. The number of alkyl halides is 3. The molecule has 27 heavy (non-hydrogen) atoms. The van der Waals surface area contributed by atoms with Gasteiger partial charge in [-0.2, -0.15) is 13.2 Å². The van der Waals surface area contributed by atoms with Crippen molar-refractivity contribution in [1.82, 2.24) is 5.32 Å². The van der Waals surface area contributed by atoms with Crippen LogP contribution in [0.4, 0.5) is 28.0 Å². The van der Waals surface area contributed by atoms with Crippen LogP contribution in [0, 0.1) is 5.82 Å². The van der Waals surface area contributed by atoms with Crippen LogP contribution in [0.15, 0.2) is 36.4 Å². The fourth-order valence-corrected chi connectivity index (χ4v) is 2.38. The fourth-order valence-electron chi connectivity index (χ4n) is 2.19. The Morgan fingerprint density at radius 2 is 1.85 bits per heavy atom. The summed E-state index contributed by atoms with van der Waals surface area (Å²) in [6.45, 7) is -0.488. The SMILES string of the molecule is COC(=O)c1cc(NC(=O)NCc2ccc(F)cc2C(F)(F)F)ccc1Cl. The second-order valence-corrected chi connectivity index (χ2v) is 5.70. The van der Waals surface area contributed by atoms with E-state index in [1.54, 1.807) is 0 Å². The van der Waals surface area contributed by atoms with Crippen LogP contribution >= 0.6 is 11.6 Å². The summed E-state index contributed by atoms with van der Waals surface area (Å²) >= 11 is 5.85. The maximum absolute atomic E-state index is 13.1. The number of carbonyl (C=O) groups is 2. The summed E-state index contributed by atoms with van der Waals surface area (Å²) < 4.78 is 56.4. The van der Waals surface area contributed by atoms with E-state index in [2.05, 4.69) is 15.4 Å². The van der Waals surface area contributed by atoms with E-state index in [0.29, 0.717) is 6.07 Å². The molecule has 0 aromatic heterocycles. The van der Waals surface area contributed by atoms with Gasteiger partial charge < -0.3 is 15.4 Å². The minimum Gasteiger partial charge on any atom is -0.465 e. The summed E-state index contributed by atoms with van der Waals surface area (Å²) in [7, 11) is 1.16. The normalized spacial score (nSPS) is 11.0.